The molecule has 23 heavy (non-hydrogen) atoms. The van der Waals surface area contributed by atoms with Gasteiger partial charge in [0.05, 0.1) is 6.20 Å². The van der Waals surface area contributed by atoms with Crippen LogP contribution >= 0.6 is 0 Å². The summed E-state index contributed by atoms with van der Waals surface area (Å²) in [5.41, 5.74) is 0.319. The number of carbonyl (C=O) groups excluding carboxylic acids is 2. The van der Waals surface area contributed by atoms with Crippen molar-refractivity contribution in [2.75, 3.05) is 13.7 Å². The fourth-order valence-corrected chi connectivity index (χ4v) is 3.78. The van der Waals surface area contributed by atoms with Crippen LogP contribution < -0.4 is 10.6 Å². The Balaban J connectivity index is 1.61. The number of hydrogen-bond donors (Lipinski definition) is 2. The lowest BCUT2D eigenvalue weighted by Gasteiger charge is -2.43. The van der Waals surface area contributed by atoms with Gasteiger partial charge in [0.25, 0.3) is 5.91 Å². The lowest BCUT2D eigenvalue weighted by Crippen LogP contribution is -2.56. The minimum absolute atomic E-state index is 0.0485. The maximum atomic E-state index is 12.2. The largest absolute Gasteiger partial charge is 0.384 e. The summed E-state index contributed by atoms with van der Waals surface area (Å²) >= 11 is 0. The molecule has 7 heteroatoms. The van der Waals surface area contributed by atoms with Crippen molar-refractivity contribution < 1.29 is 14.3 Å². The molecule has 0 spiro atoms. The van der Waals surface area contributed by atoms with Gasteiger partial charge in [0.2, 0.25) is 5.91 Å². The number of piperidine rings is 1. The van der Waals surface area contributed by atoms with E-state index in [9.17, 15) is 9.59 Å². The summed E-state index contributed by atoms with van der Waals surface area (Å²) in [6.45, 7) is 0.616. The minimum Gasteiger partial charge on any atom is -0.384 e. The number of aromatic nitrogens is 2. The van der Waals surface area contributed by atoms with Crippen LogP contribution in [0.4, 0.5) is 0 Å². The quantitative estimate of drug-likeness (QED) is 0.844. The molecular weight excluding hydrogens is 296 g/mol. The minimum atomic E-state index is -0.211. The third kappa shape index (κ3) is 3.67. The second-order valence-corrected chi connectivity index (χ2v) is 6.33. The Hall–Kier alpha value is -2.02. The zero-order valence-electron chi connectivity index (χ0n) is 13.2. The summed E-state index contributed by atoms with van der Waals surface area (Å²) in [5, 5.41) is 6.08. The first-order valence-electron chi connectivity index (χ1n) is 8.02. The van der Waals surface area contributed by atoms with Gasteiger partial charge in [0.15, 0.2) is 0 Å². The van der Waals surface area contributed by atoms with Crippen LogP contribution in [0, 0.1) is 11.8 Å². The van der Waals surface area contributed by atoms with Gasteiger partial charge in [-0.05, 0) is 31.1 Å². The Morgan fingerprint density at radius 3 is 3.04 bits per heavy atom. The van der Waals surface area contributed by atoms with Gasteiger partial charge in [0, 0.05) is 44.6 Å². The van der Waals surface area contributed by atoms with Crippen LogP contribution in [0.1, 0.15) is 36.2 Å². The van der Waals surface area contributed by atoms with Crippen LogP contribution in [0.3, 0.4) is 0 Å². The molecule has 0 bridgehead atoms. The highest BCUT2D eigenvalue weighted by molar-refractivity contribution is 5.92. The molecule has 124 valence electrons. The molecule has 1 saturated carbocycles. The second kappa shape index (κ2) is 7.04. The summed E-state index contributed by atoms with van der Waals surface area (Å²) < 4.78 is 5.26. The molecule has 1 saturated heterocycles. The first-order valence-corrected chi connectivity index (χ1v) is 8.02. The smallest absolute Gasteiger partial charge is 0.271 e. The van der Waals surface area contributed by atoms with Crippen molar-refractivity contribution >= 4 is 11.8 Å². The highest BCUT2D eigenvalue weighted by Crippen LogP contribution is 2.35. The SMILES string of the molecule is COCC1CC(=O)NC2CC(NC(=O)c3cnccn3)CCC12. The third-order valence-corrected chi connectivity index (χ3v) is 4.81. The van der Waals surface area contributed by atoms with Crippen LogP contribution in [0.5, 0.6) is 0 Å². The number of nitrogens with zero attached hydrogens (tertiary/aromatic N) is 2. The van der Waals surface area contributed by atoms with E-state index in [0.717, 1.165) is 19.3 Å². The number of carbonyl (C=O) groups is 2. The van der Waals surface area contributed by atoms with E-state index in [0.29, 0.717) is 24.6 Å². The lowest BCUT2D eigenvalue weighted by atomic mass is 9.71. The highest BCUT2D eigenvalue weighted by Gasteiger charge is 2.40. The Morgan fingerprint density at radius 2 is 2.30 bits per heavy atom. The van der Waals surface area contributed by atoms with Gasteiger partial charge >= 0.3 is 0 Å². The average Bonchev–Trinajstić information content (AvgIpc) is 2.55. The first kappa shape index (κ1) is 15.9. The summed E-state index contributed by atoms with van der Waals surface area (Å²) in [5.74, 6) is 0.569. The lowest BCUT2D eigenvalue weighted by molar-refractivity contribution is -0.128. The number of ether oxygens (including phenoxy) is 1. The molecule has 3 rings (SSSR count). The van der Waals surface area contributed by atoms with Crippen LogP contribution in [-0.4, -0.2) is 47.6 Å². The molecule has 0 radical (unpaired) electrons. The normalized spacial score (nSPS) is 30.2. The van der Waals surface area contributed by atoms with Gasteiger partial charge in [-0.2, -0.15) is 0 Å². The zero-order chi connectivity index (χ0) is 16.2. The fourth-order valence-electron chi connectivity index (χ4n) is 3.78. The van der Waals surface area contributed by atoms with E-state index >= 15 is 0 Å². The molecule has 7 nitrogen and oxygen atoms in total. The van der Waals surface area contributed by atoms with Crippen molar-refractivity contribution in [3.8, 4) is 0 Å². The van der Waals surface area contributed by atoms with E-state index in [2.05, 4.69) is 20.6 Å². The number of hydrogen-bond acceptors (Lipinski definition) is 5. The standard InChI is InChI=1S/C16H22N4O3/c1-23-9-10-6-15(21)20-13-7-11(2-3-12(10)13)19-16(22)14-8-17-4-5-18-14/h4-5,8,10-13H,2-3,6-7,9H2,1H3,(H,19,22)(H,20,21). The van der Waals surface area contributed by atoms with Gasteiger partial charge in [-0.15, -0.1) is 0 Å². The Bertz CT molecular complexity index is 566. The van der Waals surface area contributed by atoms with E-state index in [1.807, 2.05) is 0 Å². The Morgan fingerprint density at radius 1 is 1.43 bits per heavy atom. The zero-order valence-corrected chi connectivity index (χ0v) is 13.2. The van der Waals surface area contributed by atoms with E-state index in [4.69, 9.17) is 4.74 Å². The molecule has 4 unspecified atom stereocenters. The Kier molecular flexibility index (Phi) is 4.85. The molecular formula is C16H22N4O3. The summed E-state index contributed by atoms with van der Waals surface area (Å²) in [7, 11) is 1.67. The number of amides is 2. The van der Waals surface area contributed by atoms with E-state index in [-0.39, 0.29) is 29.8 Å². The molecule has 2 N–H and O–H groups in total. The van der Waals surface area contributed by atoms with E-state index < -0.39 is 0 Å². The molecule has 2 heterocycles. The predicted molar refractivity (Wildman–Crippen MR) is 82.5 cm³/mol. The molecule has 1 aromatic rings. The predicted octanol–water partition coefficient (Wildman–Crippen LogP) is 0.526. The second-order valence-electron chi connectivity index (χ2n) is 6.33. The highest BCUT2D eigenvalue weighted by atomic mass is 16.5. The summed E-state index contributed by atoms with van der Waals surface area (Å²) in [6, 6.07) is 0.157. The molecule has 1 aliphatic carbocycles. The van der Waals surface area contributed by atoms with Gasteiger partial charge in [-0.1, -0.05) is 0 Å². The van der Waals surface area contributed by atoms with Crippen molar-refractivity contribution in [2.45, 2.75) is 37.8 Å². The number of nitrogens with one attached hydrogen (secondary N) is 2. The first-order chi connectivity index (χ1) is 11.2. The van der Waals surface area contributed by atoms with E-state index in [1.54, 1.807) is 7.11 Å². The molecule has 1 aliphatic heterocycles. The van der Waals surface area contributed by atoms with Gasteiger partial charge in [-0.25, -0.2) is 4.98 Å². The van der Waals surface area contributed by atoms with Crippen LogP contribution in [-0.2, 0) is 9.53 Å². The van der Waals surface area contributed by atoms with Gasteiger partial charge < -0.3 is 15.4 Å². The van der Waals surface area contributed by atoms with Crippen LogP contribution in [0.2, 0.25) is 0 Å². The van der Waals surface area contributed by atoms with E-state index in [1.165, 1.54) is 18.6 Å². The molecule has 0 aromatic carbocycles. The van der Waals surface area contributed by atoms with Crippen LogP contribution in [0.25, 0.3) is 0 Å². The summed E-state index contributed by atoms with van der Waals surface area (Å²) in [6.07, 6.45) is 7.66. The maximum absolute atomic E-state index is 12.2. The molecule has 2 fully saturated rings. The fraction of sp³-hybridized carbons (Fsp3) is 0.625. The molecule has 4 atom stereocenters. The van der Waals surface area contributed by atoms with Crippen LogP contribution in [0.15, 0.2) is 18.6 Å². The van der Waals surface area contributed by atoms with Gasteiger partial charge in [0.1, 0.15) is 5.69 Å². The maximum Gasteiger partial charge on any atom is 0.271 e. The number of methoxy groups -OCH3 is 1. The van der Waals surface area contributed by atoms with Crippen molar-refractivity contribution in [3.05, 3.63) is 24.3 Å². The van der Waals surface area contributed by atoms with Crippen molar-refractivity contribution in [2.24, 2.45) is 11.8 Å². The Labute approximate surface area is 135 Å². The third-order valence-electron chi connectivity index (χ3n) is 4.81. The summed E-state index contributed by atoms with van der Waals surface area (Å²) in [4.78, 5) is 32.0. The van der Waals surface area contributed by atoms with Crippen molar-refractivity contribution in [3.63, 3.8) is 0 Å². The number of fused-ring (bicyclic) bond motifs is 1. The average molecular weight is 318 g/mol. The molecule has 2 amide bonds. The number of rotatable bonds is 4. The monoisotopic (exact) mass is 318 g/mol. The topological polar surface area (TPSA) is 93.2 Å². The molecule has 1 aromatic heterocycles. The van der Waals surface area contributed by atoms with Crippen molar-refractivity contribution in [1.29, 1.82) is 0 Å². The van der Waals surface area contributed by atoms with Gasteiger partial charge in [-0.3, -0.25) is 14.6 Å². The molecule has 2 aliphatic rings. The van der Waals surface area contributed by atoms with Crippen molar-refractivity contribution in [1.82, 2.24) is 20.6 Å².